The SMILES string of the molecule is COC(=O)[C@H](CCSC)NC(=O)CNC(=O)COc1ccccc1. The zero-order chi connectivity index (χ0) is 17.8. The van der Waals surface area contributed by atoms with Crippen LogP contribution in [0.15, 0.2) is 30.3 Å². The third-order valence-corrected chi connectivity index (χ3v) is 3.63. The maximum atomic E-state index is 11.8. The summed E-state index contributed by atoms with van der Waals surface area (Å²) >= 11 is 1.56. The van der Waals surface area contributed by atoms with E-state index in [-0.39, 0.29) is 13.2 Å². The van der Waals surface area contributed by atoms with Crippen molar-refractivity contribution in [3.63, 3.8) is 0 Å². The number of hydrogen-bond acceptors (Lipinski definition) is 6. The summed E-state index contributed by atoms with van der Waals surface area (Å²) in [5.74, 6) is -0.111. The second-order valence-electron chi connectivity index (χ2n) is 4.80. The Morgan fingerprint density at radius 3 is 2.50 bits per heavy atom. The van der Waals surface area contributed by atoms with E-state index in [4.69, 9.17) is 4.74 Å². The molecule has 0 saturated carbocycles. The molecule has 1 rings (SSSR count). The van der Waals surface area contributed by atoms with E-state index in [9.17, 15) is 14.4 Å². The standard InChI is InChI=1S/C16H22N2O5S/c1-22-16(21)13(8-9-24-2)18-14(19)10-17-15(20)11-23-12-6-4-3-5-7-12/h3-7,13H,8-11H2,1-2H3,(H,17,20)(H,18,19)/t13-/m0/s1. The quantitative estimate of drug-likeness (QED) is 0.598. The van der Waals surface area contributed by atoms with Crippen molar-refractivity contribution < 1.29 is 23.9 Å². The van der Waals surface area contributed by atoms with Gasteiger partial charge in [-0.25, -0.2) is 4.79 Å². The molecule has 1 aromatic carbocycles. The maximum Gasteiger partial charge on any atom is 0.328 e. The van der Waals surface area contributed by atoms with Crippen molar-refractivity contribution in [3.05, 3.63) is 30.3 Å². The van der Waals surface area contributed by atoms with Crippen molar-refractivity contribution in [1.82, 2.24) is 10.6 Å². The largest absolute Gasteiger partial charge is 0.484 e. The molecule has 1 aromatic rings. The molecule has 0 bridgehead atoms. The number of amides is 2. The molecule has 2 N–H and O–H groups in total. The minimum absolute atomic E-state index is 0.190. The monoisotopic (exact) mass is 354 g/mol. The lowest BCUT2D eigenvalue weighted by atomic mass is 10.2. The van der Waals surface area contributed by atoms with Gasteiger partial charge in [0.2, 0.25) is 5.91 Å². The van der Waals surface area contributed by atoms with Crippen LogP contribution in [0.4, 0.5) is 0 Å². The molecule has 7 nitrogen and oxygen atoms in total. The molecule has 132 valence electrons. The Hall–Kier alpha value is -2.22. The molecule has 0 fully saturated rings. The highest BCUT2D eigenvalue weighted by Gasteiger charge is 2.21. The molecule has 0 aliphatic carbocycles. The number of thioether (sulfide) groups is 1. The van der Waals surface area contributed by atoms with Gasteiger partial charge in [-0.1, -0.05) is 18.2 Å². The molecule has 0 spiro atoms. The number of carbonyl (C=O) groups is 3. The van der Waals surface area contributed by atoms with Gasteiger partial charge >= 0.3 is 5.97 Å². The molecular formula is C16H22N2O5S. The number of carbonyl (C=O) groups excluding carboxylic acids is 3. The first-order valence-electron chi connectivity index (χ1n) is 7.37. The number of ether oxygens (including phenoxy) is 2. The fourth-order valence-electron chi connectivity index (χ4n) is 1.77. The number of hydrogen-bond donors (Lipinski definition) is 2. The first-order chi connectivity index (χ1) is 11.6. The minimum Gasteiger partial charge on any atom is -0.484 e. The van der Waals surface area contributed by atoms with Crippen LogP contribution in [0.25, 0.3) is 0 Å². The molecule has 0 aliphatic rings. The van der Waals surface area contributed by atoms with E-state index in [0.29, 0.717) is 17.9 Å². The number of esters is 1. The average Bonchev–Trinajstić information content (AvgIpc) is 2.61. The summed E-state index contributed by atoms with van der Waals surface area (Å²) in [4.78, 5) is 35.1. The van der Waals surface area contributed by atoms with E-state index in [1.54, 1.807) is 36.0 Å². The average molecular weight is 354 g/mol. The van der Waals surface area contributed by atoms with E-state index in [0.717, 1.165) is 0 Å². The van der Waals surface area contributed by atoms with Gasteiger partial charge in [-0.3, -0.25) is 9.59 Å². The van der Waals surface area contributed by atoms with E-state index in [1.165, 1.54) is 7.11 Å². The van der Waals surface area contributed by atoms with Crippen LogP contribution in [0.2, 0.25) is 0 Å². The topological polar surface area (TPSA) is 93.7 Å². The molecule has 0 heterocycles. The summed E-state index contributed by atoms with van der Waals surface area (Å²) in [5, 5.41) is 4.99. The number of rotatable bonds is 10. The molecule has 1 atom stereocenters. The molecule has 0 saturated heterocycles. The Morgan fingerprint density at radius 1 is 1.17 bits per heavy atom. The summed E-state index contributed by atoms with van der Waals surface area (Å²) < 4.78 is 9.92. The summed E-state index contributed by atoms with van der Waals surface area (Å²) in [6.07, 6.45) is 2.37. The van der Waals surface area contributed by atoms with Crippen LogP contribution in [0.3, 0.4) is 0 Å². The van der Waals surface area contributed by atoms with Crippen LogP contribution < -0.4 is 15.4 Å². The van der Waals surface area contributed by atoms with E-state index >= 15 is 0 Å². The Balaban J connectivity index is 2.32. The van der Waals surface area contributed by atoms with Gasteiger partial charge in [-0.15, -0.1) is 0 Å². The van der Waals surface area contributed by atoms with Crippen LogP contribution in [0.5, 0.6) is 5.75 Å². The highest BCUT2D eigenvalue weighted by molar-refractivity contribution is 7.98. The van der Waals surface area contributed by atoms with Gasteiger partial charge in [-0.2, -0.15) is 11.8 Å². The van der Waals surface area contributed by atoms with Crippen molar-refractivity contribution in [2.24, 2.45) is 0 Å². The Labute approximate surface area is 145 Å². The van der Waals surface area contributed by atoms with E-state index in [1.807, 2.05) is 12.3 Å². The fraction of sp³-hybridized carbons (Fsp3) is 0.438. The van der Waals surface area contributed by atoms with E-state index in [2.05, 4.69) is 15.4 Å². The maximum absolute atomic E-state index is 11.8. The summed E-state index contributed by atoms with van der Waals surface area (Å²) in [6.45, 7) is -0.423. The van der Waals surface area contributed by atoms with Gasteiger partial charge in [0.25, 0.3) is 5.91 Å². The number of nitrogens with one attached hydrogen (secondary N) is 2. The molecule has 2 amide bonds. The Kier molecular flexibility index (Phi) is 9.36. The van der Waals surface area contributed by atoms with Gasteiger partial charge < -0.3 is 20.1 Å². The van der Waals surface area contributed by atoms with Crippen molar-refractivity contribution in [2.45, 2.75) is 12.5 Å². The van der Waals surface area contributed by atoms with Crippen LogP contribution in [-0.2, 0) is 19.1 Å². The van der Waals surface area contributed by atoms with Crippen LogP contribution in [-0.4, -0.2) is 56.1 Å². The zero-order valence-electron chi connectivity index (χ0n) is 13.7. The van der Waals surface area contributed by atoms with Crippen molar-refractivity contribution >= 4 is 29.5 Å². The van der Waals surface area contributed by atoms with Gasteiger partial charge in [-0.05, 0) is 30.6 Å². The molecule has 24 heavy (non-hydrogen) atoms. The molecule has 0 radical (unpaired) electrons. The summed E-state index contributed by atoms with van der Waals surface area (Å²) in [7, 11) is 1.27. The smallest absolute Gasteiger partial charge is 0.328 e. The van der Waals surface area contributed by atoms with Crippen LogP contribution >= 0.6 is 11.8 Å². The van der Waals surface area contributed by atoms with Gasteiger partial charge in [0.05, 0.1) is 13.7 Å². The highest BCUT2D eigenvalue weighted by atomic mass is 32.2. The number of benzene rings is 1. The minimum atomic E-state index is -0.715. The molecule has 8 heteroatoms. The molecule has 0 unspecified atom stereocenters. The van der Waals surface area contributed by atoms with Gasteiger partial charge in [0.1, 0.15) is 11.8 Å². The molecule has 0 aliphatic heterocycles. The zero-order valence-corrected chi connectivity index (χ0v) is 14.6. The van der Waals surface area contributed by atoms with Gasteiger partial charge in [0.15, 0.2) is 6.61 Å². The van der Waals surface area contributed by atoms with Crippen molar-refractivity contribution in [1.29, 1.82) is 0 Å². The second-order valence-corrected chi connectivity index (χ2v) is 5.79. The summed E-state index contributed by atoms with van der Waals surface area (Å²) in [5.41, 5.74) is 0. The molecular weight excluding hydrogens is 332 g/mol. The van der Waals surface area contributed by atoms with Crippen LogP contribution in [0.1, 0.15) is 6.42 Å². The number of para-hydroxylation sites is 1. The lowest BCUT2D eigenvalue weighted by Crippen LogP contribution is -2.46. The van der Waals surface area contributed by atoms with Crippen molar-refractivity contribution in [3.8, 4) is 5.75 Å². The third kappa shape index (κ3) is 7.87. The number of methoxy groups -OCH3 is 1. The predicted molar refractivity (Wildman–Crippen MR) is 91.9 cm³/mol. The first-order valence-corrected chi connectivity index (χ1v) is 8.77. The normalized spacial score (nSPS) is 11.2. The lowest BCUT2D eigenvalue weighted by molar-refractivity contribution is -0.145. The Morgan fingerprint density at radius 2 is 1.88 bits per heavy atom. The predicted octanol–water partition coefficient (Wildman–Crippen LogP) is 0.593. The highest BCUT2D eigenvalue weighted by Crippen LogP contribution is 2.07. The summed E-state index contributed by atoms with van der Waals surface area (Å²) in [6, 6.07) is 8.17. The Bertz CT molecular complexity index is 539. The fourth-order valence-corrected chi connectivity index (χ4v) is 2.24. The second kappa shape index (κ2) is 11.3. The molecule has 0 aromatic heterocycles. The third-order valence-electron chi connectivity index (χ3n) is 2.99. The van der Waals surface area contributed by atoms with E-state index < -0.39 is 23.8 Å². The van der Waals surface area contributed by atoms with Crippen molar-refractivity contribution in [2.75, 3.05) is 32.3 Å². The lowest BCUT2D eigenvalue weighted by Gasteiger charge is -2.16. The first kappa shape index (κ1) is 19.8. The van der Waals surface area contributed by atoms with Crippen LogP contribution in [0, 0.1) is 0 Å². The van der Waals surface area contributed by atoms with Gasteiger partial charge in [0, 0.05) is 0 Å².